The minimum Gasteiger partial charge on any atom is -0.327 e. The van der Waals surface area contributed by atoms with Crippen molar-refractivity contribution < 1.29 is 0 Å². The number of fused-ring (bicyclic) bond motifs is 1. The Bertz CT molecular complexity index is 844. The summed E-state index contributed by atoms with van der Waals surface area (Å²) in [4.78, 5) is 7.24. The molecular weight excluding hydrogens is 318 g/mol. The molecule has 3 aromatic rings. The zero-order valence-corrected chi connectivity index (χ0v) is 15.9. The van der Waals surface area contributed by atoms with Crippen molar-refractivity contribution in [1.82, 2.24) is 14.5 Å². The van der Waals surface area contributed by atoms with Crippen LogP contribution in [0.5, 0.6) is 0 Å². The van der Waals surface area contributed by atoms with E-state index in [9.17, 15) is 0 Å². The number of rotatable bonds is 5. The van der Waals surface area contributed by atoms with Gasteiger partial charge in [-0.3, -0.25) is 0 Å². The van der Waals surface area contributed by atoms with Crippen LogP contribution in [0.4, 0.5) is 0 Å². The van der Waals surface area contributed by atoms with Crippen molar-refractivity contribution in [3.8, 4) is 0 Å². The zero-order chi connectivity index (χ0) is 17.9. The van der Waals surface area contributed by atoms with Crippen LogP contribution in [-0.4, -0.2) is 34.1 Å². The average Bonchev–Trinajstić information content (AvgIpc) is 3.10. The number of likely N-dealkylation sites (tertiary alicyclic amines) is 1. The minimum absolute atomic E-state index is 0.588. The van der Waals surface area contributed by atoms with E-state index in [1.807, 2.05) is 6.33 Å². The van der Waals surface area contributed by atoms with Crippen LogP contribution in [0.2, 0.25) is 0 Å². The van der Waals surface area contributed by atoms with Gasteiger partial charge in [-0.2, -0.15) is 0 Å². The summed E-state index contributed by atoms with van der Waals surface area (Å²) in [6.45, 7) is 8.09. The van der Waals surface area contributed by atoms with E-state index >= 15 is 0 Å². The lowest BCUT2D eigenvalue weighted by Crippen LogP contribution is -2.35. The van der Waals surface area contributed by atoms with Crippen LogP contribution in [0.15, 0.2) is 54.9 Å². The Hall–Kier alpha value is -2.13. The van der Waals surface area contributed by atoms with E-state index in [0.29, 0.717) is 12.0 Å². The number of aryl methyl sites for hydroxylation is 1. The number of hydrogen-bond acceptors (Lipinski definition) is 2. The highest BCUT2D eigenvalue weighted by Gasteiger charge is 2.22. The highest BCUT2D eigenvalue weighted by atomic mass is 15.2. The Morgan fingerprint density at radius 2 is 1.85 bits per heavy atom. The number of piperidine rings is 1. The molecule has 0 saturated carbocycles. The minimum atomic E-state index is 0.588. The molecule has 1 aliphatic rings. The van der Waals surface area contributed by atoms with Crippen LogP contribution < -0.4 is 0 Å². The lowest BCUT2D eigenvalue weighted by molar-refractivity contribution is 0.184. The van der Waals surface area contributed by atoms with Gasteiger partial charge in [0.05, 0.1) is 17.4 Å². The summed E-state index contributed by atoms with van der Waals surface area (Å²) in [5.41, 5.74) is 5.19. The molecule has 0 radical (unpaired) electrons. The quantitative estimate of drug-likeness (QED) is 0.634. The van der Waals surface area contributed by atoms with Gasteiger partial charge in [0.1, 0.15) is 0 Å². The molecule has 0 amide bonds. The van der Waals surface area contributed by atoms with Gasteiger partial charge in [-0.15, -0.1) is 0 Å². The molecule has 1 fully saturated rings. The molecule has 3 nitrogen and oxygen atoms in total. The Balaban J connectivity index is 1.33. The van der Waals surface area contributed by atoms with Gasteiger partial charge >= 0.3 is 0 Å². The van der Waals surface area contributed by atoms with E-state index < -0.39 is 0 Å². The summed E-state index contributed by atoms with van der Waals surface area (Å²) < 4.78 is 2.41. The Kier molecular flexibility index (Phi) is 5.07. The lowest BCUT2D eigenvalue weighted by Gasteiger charge is -2.33. The van der Waals surface area contributed by atoms with Crippen LogP contribution in [0.1, 0.15) is 49.3 Å². The van der Waals surface area contributed by atoms with E-state index in [0.717, 1.165) is 5.52 Å². The first-order chi connectivity index (χ1) is 12.7. The molecule has 3 heteroatoms. The number of imidazole rings is 1. The van der Waals surface area contributed by atoms with Gasteiger partial charge in [0, 0.05) is 19.1 Å². The van der Waals surface area contributed by atoms with Gasteiger partial charge in [0.2, 0.25) is 0 Å². The van der Waals surface area contributed by atoms with Crippen LogP contribution in [0.25, 0.3) is 11.0 Å². The summed E-state index contributed by atoms with van der Waals surface area (Å²) in [5.74, 6) is 0.634. The van der Waals surface area contributed by atoms with Crippen molar-refractivity contribution in [3.63, 3.8) is 0 Å². The first kappa shape index (κ1) is 17.3. The predicted molar refractivity (Wildman–Crippen MR) is 109 cm³/mol. The van der Waals surface area contributed by atoms with Crippen molar-refractivity contribution in [2.75, 3.05) is 19.6 Å². The summed E-state index contributed by atoms with van der Waals surface area (Å²) >= 11 is 0. The van der Waals surface area contributed by atoms with Crippen molar-refractivity contribution in [1.29, 1.82) is 0 Å². The topological polar surface area (TPSA) is 21.1 Å². The standard InChI is InChI=1S/C23H29N3/c1-18-8-9-22-23(16-18)26(17-24-22)21-11-14-25(15-12-21)13-10-19(2)20-6-4-3-5-7-20/h3-9,16-17,19,21H,10-15H2,1-2H3. The molecule has 0 spiro atoms. The maximum absolute atomic E-state index is 4.60. The maximum Gasteiger partial charge on any atom is 0.0960 e. The molecule has 26 heavy (non-hydrogen) atoms. The molecule has 0 bridgehead atoms. The van der Waals surface area contributed by atoms with E-state index in [1.165, 1.54) is 55.5 Å². The van der Waals surface area contributed by atoms with Crippen LogP contribution >= 0.6 is 0 Å². The summed E-state index contributed by atoms with van der Waals surface area (Å²) in [7, 11) is 0. The Morgan fingerprint density at radius 1 is 1.08 bits per heavy atom. The third kappa shape index (κ3) is 3.68. The van der Waals surface area contributed by atoms with E-state index in [2.05, 4.69) is 76.8 Å². The smallest absolute Gasteiger partial charge is 0.0960 e. The lowest BCUT2D eigenvalue weighted by atomic mass is 9.97. The normalized spacial score (nSPS) is 17.6. The number of nitrogens with zero attached hydrogens (tertiary/aromatic N) is 3. The summed E-state index contributed by atoms with van der Waals surface area (Å²) in [6, 6.07) is 18.1. The van der Waals surface area contributed by atoms with E-state index in [1.54, 1.807) is 0 Å². The number of aromatic nitrogens is 2. The van der Waals surface area contributed by atoms with Gasteiger partial charge in [-0.05, 0) is 61.9 Å². The second-order valence-corrected chi connectivity index (χ2v) is 7.82. The SMILES string of the molecule is Cc1ccc2ncn(C3CCN(CCC(C)c4ccccc4)CC3)c2c1. The molecule has 2 heterocycles. The highest BCUT2D eigenvalue weighted by molar-refractivity contribution is 5.76. The van der Waals surface area contributed by atoms with Crippen LogP contribution in [0.3, 0.4) is 0 Å². The molecule has 1 saturated heterocycles. The summed E-state index contributed by atoms with van der Waals surface area (Å²) in [5, 5.41) is 0. The molecular formula is C23H29N3. The van der Waals surface area contributed by atoms with Gasteiger partial charge in [-0.25, -0.2) is 4.98 Å². The highest BCUT2D eigenvalue weighted by Crippen LogP contribution is 2.28. The first-order valence-electron chi connectivity index (χ1n) is 9.91. The van der Waals surface area contributed by atoms with Crippen molar-refractivity contribution in [2.24, 2.45) is 0 Å². The molecule has 0 aliphatic carbocycles. The first-order valence-corrected chi connectivity index (χ1v) is 9.91. The van der Waals surface area contributed by atoms with Crippen molar-refractivity contribution >= 4 is 11.0 Å². The van der Waals surface area contributed by atoms with Gasteiger partial charge in [0.25, 0.3) is 0 Å². The maximum atomic E-state index is 4.60. The molecule has 136 valence electrons. The van der Waals surface area contributed by atoms with Crippen LogP contribution in [-0.2, 0) is 0 Å². The Morgan fingerprint density at radius 3 is 2.62 bits per heavy atom. The molecule has 0 N–H and O–H groups in total. The molecule has 1 unspecified atom stereocenters. The van der Waals surface area contributed by atoms with Crippen molar-refractivity contribution in [3.05, 3.63) is 66.0 Å². The van der Waals surface area contributed by atoms with Gasteiger partial charge < -0.3 is 9.47 Å². The third-order valence-electron chi connectivity index (χ3n) is 5.93. The number of benzene rings is 2. The molecule has 1 atom stereocenters. The second-order valence-electron chi connectivity index (χ2n) is 7.82. The molecule has 1 aromatic heterocycles. The molecule has 2 aromatic carbocycles. The fraction of sp³-hybridized carbons (Fsp3) is 0.435. The van der Waals surface area contributed by atoms with E-state index in [4.69, 9.17) is 0 Å². The largest absolute Gasteiger partial charge is 0.327 e. The van der Waals surface area contributed by atoms with E-state index in [-0.39, 0.29) is 0 Å². The Labute approximate surface area is 156 Å². The second kappa shape index (κ2) is 7.63. The monoisotopic (exact) mass is 347 g/mol. The van der Waals surface area contributed by atoms with Crippen molar-refractivity contribution in [2.45, 2.75) is 45.1 Å². The summed E-state index contributed by atoms with van der Waals surface area (Å²) in [6.07, 6.45) is 5.72. The molecule has 4 rings (SSSR count). The zero-order valence-electron chi connectivity index (χ0n) is 15.9. The predicted octanol–water partition coefficient (Wildman–Crippen LogP) is 5.18. The van der Waals surface area contributed by atoms with Gasteiger partial charge in [0.15, 0.2) is 0 Å². The fourth-order valence-corrected chi connectivity index (χ4v) is 4.17. The third-order valence-corrected chi connectivity index (χ3v) is 5.93. The molecule has 1 aliphatic heterocycles. The average molecular weight is 348 g/mol. The van der Waals surface area contributed by atoms with Gasteiger partial charge in [-0.1, -0.05) is 43.3 Å². The fourth-order valence-electron chi connectivity index (χ4n) is 4.17. The van der Waals surface area contributed by atoms with Crippen LogP contribution in [0, 0.1) is 6.92 Å². The number of hydrogen-bond donors (Lipinski definition) is 0.